The molecule has 0 radical (unpaired) electrons. The van der Waals surface area contributed by atoms with Gasteiger partial charge in [-0.3, -0.25) is 14.0 Å². The Morgan fingerprint density at radius 1 is 1.27 bits per heavy atom. The molecule has 1 aromatic carbocycles. The molecule has 170 valence electrons. The highest BCUT2D eigenvalue weighted by Crippen LogP contribution is 2.49. The first-order valence-corrected chi connectivity index (χ1v) is 12.0. The molecule has 33 heavy (non-hydrogen) atoms. The summed E-state index contributed by atoms with van der Waals surface area (Å²) in [6, 6.07) is 8.53. The summed E-state index contributed by atoms with van der Waals surface area (Å²) < 4.78 is 18.6. The van der Waals surface area contributed by atoms with Crippen molar-refractivity contribution in [2.24, 2.45) is 0 Å². The number of aromatic nitrogens is 4. The minimum Gasteiger partial charge on any atom is -0.481 e. The van der Waals surface area contributed by atoms with E-state index in [9.17, 15) is 9.90 Å². The van der Waals surface area contributed by atoms with Crippen molar-refractivity contribution < 1.29 is 14.3 Å². The summed E-state index contributed by atoms with van der Waals surface area (Å²) in [7, 11) is 0. The summed E-state index contributed by atoms with van der Waals surface area (Å²) in [4.78, 5) is 16.9. The zero-order valence-corrected chi connectivity index (χ0v) is 19.9. The zero-order chi connectivity index (χ0) is 23.3. The third-order valence-electron chi connectivity index (χ3n) is 5.83. The summed E-state index contributed by atoms with van der Waals surface area (Å²) in [5, 5.41) is 15.4. The summed E-state index contributed by atoms with van der Waals surface area (Å²) in [5.74, 6) is -1.44. The lowest BCUT2D eigenvalue weighted by molar-refractivity contribution is -0.140. The molecule has 0 aliphatic heterocycles. The van der Waals surface area contributed by atoms with Gasteiger partial charge in [0.25, 0.3) is 0 Å². The Labute approximate surface area is 203 Å². The molecule has 1 N–H and O–H groups in total. The monoisotopic (exact) mass is 504 g/mol. The van der Waals surface area contributed by atoms with Crippen molar-refractivity contribution in [1.29, 1.82) is 0 Å². The number of halogens is 3. The Balaban J connectivity index is 1.63. The van der Waals surface area contributed by atoms with Crippen LogP contribution in [0.15, 0.2) is 52.6 Å². The Kier molecular flexibility index (Phi) is 5.63. The van der Waals surface area contributed by atoms with Crippen molar-refractivity contribution in [2.75, 3.05) is 0 Å². The highest BCUT2D eigenvalue weighted by molar-refractivity contribution is 7.99. The molecular formula is C23H19Cl2FN4O2S. The van der Waals surface area contributed by atoms with Gasteiger partial charge in [0, 0.05) is 18.1 Å². The van der Waals surface area contributed by atoms with Crippen LogP contribution >= 0.6 is 35.0 Å². The van der Waals surface area contributed by atoms with Crippen molar-refractivity contribution in [3.8, 4) is 5.69 Å². The van der Waals surface area contributed by atoms with Gasteiger partial charge in [0.1, 0.15) is 15.6 Å². The topological polar surface area (TPSA) is 72.9 Å². The maximum absolute atomic E-state index is 15.2. The maximum atomic E-state index is 15.2. The van der Waals surface area contributed by atoms with Crippen LogP contribution in [-0.2, 0) is 16.8 Å². The third-order valence-corrected chi connectivity index (χ3v) is 7.65. The number of rotatable bonds is 7. The molecule has 0 saturated heterocycles. The van der Waals surface area contributed by atoms with Crippen LogP contribution in [-0.4, -0.2) is 30.4 Å². The largest absolute Gasteiger partial charge is 0.481 e. The van der Waals surface area contributed by atoms with Gasteiger partial charge in [0.2, 0.25) is 0 Å². The van der Waals surface area contributed by atoms with Gasteiger partial charge in [-0.2, -0.15) is 5.10 Å². The van der Waals surface area contributed by atoms with Crippen molar-refractivity contribution in [3.05, 3.63) is 64.4 Å². The van der Waals surface area contributed by atoms with E-state index in [1.165, 1.54) is 17.8 Å². The van der Waals surface area contributed by atoms with Crippen LogP contribution in [0.25, 0.3) is 16.6 Å². The number of nitrogens with zero attached hydrogens (tertiary/aromatic N) is 4. The van der Waals surface area contributed by atoms with Crippen molar-refractivity contribution in [2.45, 2.75) is 48.1 Å². The second kappa shape index (κ2) is 8.34. The Bertz CT molecular complexity index is 1400. The molecule has 0 spiro atoms. The quantitative estimate of drug-likeness (QED) is 0.317. The predicted octanol–water partition coefficient (Wildman–Crippen LogP) is 6.35. The molecule has 1 aliphatic rings. The van der Waals surface area contributed by atoms with Crippen LogP contribution < -0.4 is 0 Å². The van der Waals surface area contributed by atoms with Crippen LogP contribution in [0.3, 0.4) is 0 Å². The molecule has 0 unspecified atom stereocenters. The average molecular weight is 505 g/mol. The highest BCUT2D eigenvalue weighted by Gasteiger charge is 2.53. The Morgan fingerprint density at radius 2 is 2.06 bits per heavy atom. The van der Waals surface area contributed by atoms with E-state index in [1.54, 1.807) is 39.7 Å². The van der Waals surface area contributed by atoms with Gasteiger partial charge in [-0.1, -0.05) is 48.0 Å². The third kappa shape index (κ3) is 3.70. The van der Waals surface area contributed by atoms with Crippen molar-refractivity contribution >= 4 is 51.8 Å². The number of fused-ring (bicyclic) bond motifs is 1. The lowest BCUT2D eigenvalue weighted by atomic mass is 10.0. The van der Waals surface area contributed by atoms with E-state index < -0.39 is 17.2 Å². The number of benzene rings is 1. The smallest absolute Gasteiger partial charge is 0.315 e. The van der Waals surface area contributed by atoms with E-state index in [4.69, 9.17) is 23.2 Å². The lowest BCUT2D eigenvalue weighted by Crippen LogP contribution is -2.20. The molecule has 5 rings (SSSR count). The van der Waals surface area contributed by atoms with Crippen molar-refractivity contribution in [1.82, 2.24) is 19.3 Å². The number of carboxylic acid groups (broad SMARTS) is 1. The molecule has 0 atom stereocenters. The van der Waals surface area contributed by atoms with Crippen LogP contribution in [0, 0.1) is 5.82 Å². The van der Waals surface area contributed by atoms with Crippen LogP contribution in [0.2, 0.25) is 10.2 Å². The number of carbonyl (C=O) groups is 1. The first-order chi connectivity index (χ1) is 15.9. The standard InChI is InChI=1S/C23H19Cl2FN4O2S/c1-2-10-29-12-13(11-27-29)30-19-14(6-7-15(24)18(19)26)20(21(30)25)33-17-5-3-4-16(28-17)23(8-9-23)22(31)32/h3-7,11-12H,2,8-10H2,1H3,(H,31,32). The van der Waals surface area contributed by atoms with Gasteiger partial charge in [0.05, 0.1) is 33.0 Å². The normalized spacial score (nSPS) is 14.7. The summed E-state index contributed by atoms with van der Waals surface area (Å²) >= 11 is 14.2. The number of aliphatic carboxylic acids is 1. The second-order valence-corrected chi connectivity index (χ2v) is 9.82. The highest BCUT2D eigenvalue weighted by atomic mass is 35.5. The number of pyridine rings is 1. The van der Waals surface area contributed by atoms with Gasteiger partial charge in [0.15, 0.2) is 5.82 Å². The molecule has 6 nitrogen and oxygen atoms in total. The van der Waals surface area contributed by atoms with E-state index in [-0.39, 0.29) is 10.5 Å². The minimum atomic E-state index is -0.915. The van der Waals surface area contributed by atoms with Crippen LogP contribution in [0.4, 0.5) is 4.39 Å². The first-order valence-electron chi connectivity index (χ1n) is 10.4. The fourth-order valence-corrected chi connectivity index (χ4v) is 5.46. The van der Waals surface area contributed by atoms with Crippen molar-refractivity contribution in [3.63, 3.8) is 0 Å². The zero-order valence-electron chi connectivity index (χ0n) is 17.6. The molecular weight excluding hydrogens is 486 g/mol. The molecule has 4 aromatic rings. The molecule has 1 fully saturated rings. The predicted molar refractivity (Wildman–Crippen MR) is 126 cm³/mol. The number of hydrogen-bond acceptors (Lipinski definition) is 4. The Morgan fingerprint density at radius 3 is 2.76 bits per heavy atom. The van der Waals surface area contributed by atoms with E-state index in [2.05, 4.69) is 10.1 Å². The van der Waals surface area contributed by atoms with Gasteiger partial charge in [-0.15, -0.1) is 0 Å². The number of aryl methyl sites for hydroxylation is 1. The van der Waals surface area contributed by atoms with E-state index in [1.807, 2.05) is 13.1 Å². The molecule has 3 heterocycles. The lowest BCUT2D eigenvalue weighted by Gasteiger charge is -2.10. The average Bonchev–Trinajstić information content (AvgIpc) is 3.42. The van der Waals surface area contributed by atoms with Gasteiger partial charge < -0.3 is 5.11 Å². The van der Waals surface area contributed by atoms with Gasteiger partial charge in [-0.25, -0.2) is 9.37 Å². The fourth-order valence-electron chi connectivity index (χ4n) is 3.96. The molecule has 3 aromatic heterocycles. The molecule has 0 bridgehead atoms. The SMILES string of the molecule is CCCn1cc(-n2c(Cl)c(Sc3cccc(C4(C(=O)O)CC4)n3)c3ccc(Cl)c(F)c32)cn1. The van der Waals surface area contributed by atoms with E-state index >= 15 is 4.39 Å². The van der Waals surface area contributed by atoms with E-state index in [0.29, 0.717) is 44.7 Å². The summed E-state index contributed by atoms with van der Waals surface area (Å²) in [5.41, 5.74) is 0.485. The minimum absolute atomic E-state index is 0.00678. The van der Waals surface area contributed by atoms with Crippen LogP contribution in [0.5, 0.6) is 0 Å². The number of carboxylic acids is 1. The number of hydrogen-bond donors (Lipinski definition) is 1. The Hall–Kier alpha value is -2.55. The maximum Gasteiger partial charge on any atom is 0.315 e. The fraction of sp³-hybridized carbons (Fsp3) is 0.261. The second-order valence-electron chi connectivity index (χ2n) is 8.02. The molecule has 0 amide bonds. The van der Waals surface area contributed by atoms with E-state index in [0.717, 1.165) is 13.0 Å². The molecule has 1 saturated carbocycles. The molecule has 1 aliphatic carbocycles. The first kappa shape index (κ1) is 22.3. The van der Waals surface area contributed by atoms with Gasteiger partial charge in [-0.05, 0) is 43.5 Å². The van der Waals surface area contributed by atoms with Gasteiger partial charge >= 0.3 is 5.97 Å². The van der Waals surface area contributed by atoms with Crippen LogP contribution in [0.1, 0.15) is 31.9 Å². The summed E-state index contributed by atoms with van der Waals surface area (Å²) in [6.45, 7) is 2.77. The summed E-state index contributed by atoms with van der Waals surface area (Å²) in [6.07, 6.45) is 5.48. The molecule has 10 heteroatoms.